The zero-order valence-electron chi connectivity index (χ0n) is 11.1. The number of nitrogens with zero attached hydrogens (tertiary/aromatic N) is 2. The van der Waals surface area contributed by atoms with E-state index in [4.69, 9.17) is 10.2 Å². The minimum atomic E-state index is -0.304. The van der Waals surface area contributed by atoms with E-state index in [1.807, 2.05) is 36.4 Å². The molecule has 1 amide bonds. The molecule has 0 fully saturated rings. The first-order chi connectivity index (χ1) is 10.7. The van der Waals surface area contributed by atoms with Crippen LogP contribution in [-0.4, -0.2) is 16.1 Å². The van der Waals surface area contributed by atoms with Gasteiger partial charge in [0.2, 0.25) is 0 Å². The Morgan fingerprint density at radius 1 is 1.18 bits per heavy atom. The lowest BCUT2D eigenvalue weighted by atomic mass is 10.3. The minimum Gasteiger partial charge on any atom is -0.454 e. The Balaban J connectivity index is 1.68. The highest BCUT2D eigenvalue weighted by Crippen LogP contribution is 2.33. The van der Waals surface area contributed by atoms with Gasteiger partial charge in [-0.3, -0.25) is 4.79 Å². The molecule has 0 radical (unpaired) electrons. The topological polar surface area (TPSA) is 81.5 Å². The average Bonchev–Trinajstić information content (AvgIpc) is 3.18. The van der Waals surface area contributed by atoms with Gasteiger partial charge in [-0.1, -0.05) is 12.1 Å². The molecule has 3 aromatic rings. The van der Waals surface area contributed by atoms with Gasteiger partial charge in [0.25, 0.3) is 0 Å². The maximum atomic E-state index is 11.2. The molecule has 3 heterocycles. The van der Waals surface area contributed by atoms with Crippen LogP contribution in [0.3, 0.4) is 0 Å². The molecule has 22 heavy (non-hydrogen) atoms. The van der Waals surface area contributed by atoms with Crippen LogP contribution in [0.15, 0.2) is 50.7 Å². The predicted molar refractivity (Wildman–Crippen MR) is 89.9 cm³/mol. The molecule has 7 heteroatoms. The number of benzene rings is 1. The lowest BCUT2D eigenvalue weighted by Gasteiger charge is -1.93. The fourth-order valence-corrected chi connectivity index (χ4v) is 3.66. The molecule has 4 rings (SSSR count). The predicted octanol–water partition coefficient (Wildman–Crippen LogP) is 4.12. The second-order valence-electron chi connectivity index (χ2n) is 4.56. The Bertz CT molecular complexity index is 920. The third kappa shape index (κ3) is 2.34. The van der Waals surface area contributed by atoms with E-state index in [9.17, 15) is 4.79 Å². The van der Waals surface area contributed by atoms with Crippen LogP contribution in [0.5, 0.6) is 0 Å². The highest BCUT2D eigenvalue weighted by molar-refractivity contribution is 8.18. The summed E-state index contributed by atoms with van der Waals surface area (Å²) in [6.07, 6.45) is 1.71. The van der Waals surface area contributed by atoms with Crippen molar-refractivity contribution in [1.29, 1.82) is 0 Å². The van der Waals surface area contributed by atoms with E-state index in [2.05, 4.69) is 9.98 Å². The van der Waals surface area contributed by atoms with Crippen LogP contribution >= 0.6 is 23.1 Å². The largest absolute Gasteiger partial charge is 0.454 e. The lowest BCUT2D eigenvalue weighted by molar-refractivity contribution is 0.268. The van der Waals surface area contributed by atoms with E-state index in [1.54, 1.807) is 17.4 Å². The van der Waals surface area contributed by atoms with Crippen LogP contribution in [0.2, 0.25) is 0 Å². The van der Waals surface area contributed by atoms with Gasteiger partial charge in [0.1, 0.15) is 11.6 Å². The standard InChI is InChI=1S/C15H9N3O2S2/c16-13-12(22-15(19)18-13)7-8-5-6-10(20-8)14-17-9-3-1-2-4-11(9)21-14/h1-7H,(H2,16,18,19). The van der Waals surface area contributed by atoms with Crippen molar-refractivity contribution in [3.8, 4) is 10.8 Å². The van der Waals surface area contributed by atoms with Crippen molar-refractivity contribution >= 4 is 50.5 Å². The van der Waals surface area contributed by atoms with Crippen LogP contribution in [0.1, 0.15) is 5.76 Å². The molecular weight excluding hydrogens is 318 g/mol. The number of rotatable bonds is 2. The number of hydrogen-bond donors (Lipinski definition) is 1. The molecule has 1 aromatic carbocycles. The average molecular weight is 327 g/mol. The molecule has 5 nitrogen and oxygen atoms in total. The minimum absolute atomic E-state index is 0.230. The summed E-state index contributed by atoms with van der Waals surface area (Å²) in [6.45, 7) is 0. The normalized spacial score (nSPS) is 16.6. The van der Waals surface area contributed by atoms with Gasteiger partial charge in [0.05, 0.1) is 15.1 Å². The second-order valence-corrected chi connectivity index (χ2v) is 6.59. The molecule has 0 aliphatic carbocycles. The molecule has 0 saturated carbocycles. The van der Waals surface area contributed by atoms with Crippen LogP contribution in [0.4, 0.5) is 4.79 Å². The van der Waals surface area contributed by atoms with Gasteiger partial charge in [0.15, 0.2) is 10.8 Å². The number of carbonyl (C=O) groups excluding carboxylic acids is 1. The van der Waals surface area contributed by atoms with Crippen molar-refractivity contribution in [2.24, 2.45) is 10.7 Å². The maximum absolute atomic E-state index is 11.2. The first-order valence-corrected chi connectivity index (χ1v) is 8.06. The molecule has 1 aliphatic rings. The number of aliphatic imine (C=N–C) groups is 1. The SMILES string of the molecule is NC1=NC(=O)SC1=Cc1ccc(-c2nc3ccccc3s2)o1. The van der Waals surface area contributed by atoms with Gasteiger partial charge in [0, 0.05) is 0 Å². The van der Waals surface area contributed by atoms with Crippen molar-refractivity contribution in [3.05, 3.63) is 47.1 Å². The Hall–Kier alpha value is -2.38. The monoisotopic (exact) mass is 327 g/mol. The van der Waals surface area contributed by atoms with Crippen LogP contribution in [0, 0.1) is 0 Å². The Morgan fingerprint density at radius 3 is 2.82 bits per heavy atom. The van der Waals surface area contributed by atoms with E-state index < -0.39 is 0 Å². The van der Waals surface area contributed by atoms with Crippen LogP contribution in [-0.2, 0) is 0 Å². The summed E-state index contributed by atoms with van der Waals surface area (Å²) < 4.78 is 6.89. The summed E-state index contributed by atoms with van der Waals surface area (Å²) in [4.78, 5) is 20.0. The van der Waals surface area contributed by atoms with E-state index in [0.717, 1.165) is 27.0 Å². The third-order valence-corrected chi connectivity index (χ3v) is 4.93. The molecule has 0 saturated heterocycles. The van der Waals surface area contributed by atoms with E-state index >= 15 is 0 Å². The summed E-state index contributed by atoms with van der Waals surface area (Å²) in [5, 5.41) is 0.518. The Kier molecular flexibility index (Phi) is 3.09. The molecule has 2 aromatic heterocycles. The number of aromatic nitrogens is 1. The number of carbonyl (C=O) groups is 1. The summed E-state index contributed by atoms with van der Waals surface area (Å²) in [5.74, 6) is 1.54. The molecule has 0 bridgehead atoms. The number of fused-ring (bicyclic) bond motifs is 1. The molecular formula is C15H9N3O2S2. The van der Waals surface area contributed by atoms with E-state index in [-0.39, 0.29) is 11.1 Å². The second kappa shape index (κ2) is 5.11. The van der Waals surface area contributed by atoms with Crippen molar-refractivity contribution in [3.63, 3.8) is 0 Å². The molecule has 2 N–H and O–H groups in total. The number of amides is 1. The lowest BCUT2D eigenvalue weighted by Crippen LogP contribution is -2.08. The molecule has 108 valence electrons. The summed E-state index contributed by atoms with van der Waals surface area (Å²) in [7, 11) is 0. The van der Waals surface area contributed by atoms with Gasteiger partial charge >= 0.3 is 5.24 Å². The number of thioether (sulfide) groups is 1. The first kappa shape index (κ1) is 13.3. The number of furan rings is 1. The maximum Gasteiger partial charge on any atom is 0.311 e. The van der Waals surface area contributed by atoms with E-state index in [1.165, 1.54) is 0 Å². The molecule has 0 unspecified atom stereocenters. The number of nitrogens with two attached hydrogens (primary N) is 1. The summed E-state index contributed by atoms with van der Waals surface area (Å²) >= 11 is 2.57. The number of thiazole rings is 1. The first-order valence-electron chi connectivity index (χ1n) is 6.43. The number of amidine groups is 1. The quantitative estimate of drug-likeness (QED) is 0.765. The zero-order valence-corrected chi connectivity index (χ0v) is 12.8. The van der Waals surface area contributed by atoms with Gasteiger partial charge < -0.3 is 10.2 Å². The third-order valence-electron chi connectivity index (χ3n) is 3.07. The van der Waals surface area contributed by atoms with Crippen molar-refractivity contribution in [2.75, 3.05) is 0 Å². The zero-order chi connectivity index (χ0) is 15.1. The fraction of sp³-hybridized carbons (Fsp3) is 0. The van der Waals surface area contributed by atoms with Gasteiger partial charge in [-0.25, -0.2) is 4.98 Å². The number of para-hydroxylation sites is 1. The Labute approximate surface area is 133 Å². The van der Waals surface area contributed by atoms with Crippen molar-refractivity contribution < 1.29 is 9.21 Å². The molecule has 0 atom stereocenters. The fourth-order valence-electron chi connectivity index (χ4n) is 2.08. The number of hydrogen-bond acceptors (Lipinski definition) is 6. The molecule has 0 spiro atoms. The van der Waals surface area contributed by atoms with Gasteiger partial charge in [-0.15, -0.1) is 11.3 Å². The van der Waals surface area contributed by atoms with E-state index in [0.29, 0.717) is 16.4 Å². The molecule has 1 aliphatic heterocycles. The van der Waals surface area contributed by atoms with Crippen molar-refractivity contribution in [2.45, 2.75) is 0 Å². The van der Waals surface area contributed by atoms with Gasteiger partial charge in [-0.2, -0.15) is 4.99 Å². The van der Waals surface area contributed by atoms with Gasteiger partial charge in [-0.05, 0) is 42.1 Å². The Morgan fingerprint density at radius 2 is 2.05 bits per heavy atom. The van der Waals surface area contributed by atoms with Crippen LogP contribution in [0.25, 0.3) is 27.1 Å². The highest BCUT2D eigenvalue weighted by atomic mass is 32.2. The summed E-state index contributed by atoms with van der Waals surface area (Å²) in [6, 6.07) is 11.6. The van der Waals surface area contributed by atoms with Crippen LogP contribution < -0.4 is 5.73 Å². The highest BCUT2D eigenvalue weighted by Gasteiger charge is 2.19. The van der Waals surface area contributed by atoms with Crippen molar-refractivity contribution in [1.82, 2.24) is 4.98 Å². The summed E-state index contributed by atoms with van der Waals surface area (Å²) in [5.41, 5.74) is 6.63. The smallest absolute Gasteiger partial charge is 0.311 e.